The zero-order chi connectivity index (χ0) is 20.2. The van der Waals surface area contributed by atoms with Gasteiger partial charge in [0.25, 0.3) is 0 Å². The molecule has 0 radical (unpaired) electrons. The van der Waals surface area contributed by atoms with E-state index in [0.29, 0.717) is 26.3 Å². The van der Waals surface area contributed by atoms with Crippen molar-refractivity contribution in [2.75, 3.05) is 73.9 Å². The fourth-order valence-electron chi connectivity index (χ4n) is 3.21. The Hall–Kier alpha value is -1.30. The van der Waals surface area contributed by atoms with Gasteiger partial charge in [-0.25, -0.2) is 0 Å². The highest BCUT2D eigenvalue weighted by molar-refractivity contribution is 14.0. The van der Waals surface area contributed by atoms with Crippen LogP contribution in [-0.4, -0.2) is 84.7 Å². The third-order valence-corrected chi connectivity index (χ3v) is 4.71. The van der Waals surface area contributed by atoms with Crippen molar-refractivity contribution in [3.8, 4) is 11.5 Å². The average molecular weight is 522 g/mol. The molecule has 8 nitrogen and oxygen atoms in total. The molecular weight excluding hydrogens is 487 g/mol. The minimum Gasteiger partial charge on any atom is -0.493 e. The summed E-state index contributed by atoms with van der Waals surface area (Å²) in [7, 11) is 5.08. The van der Waals surface area contributed by atoms with Crippen molar-refractivity contribution >= 4 is 29.9 Å². The molecule has 1 atom stereocenters. The largest absolute Gasteiger partial charge is 0.493 e. The minimum atomic E-state index is 0. The van der Waals surface area contributed by atoms with E-state index in [4.69, 9.17) is 18.9 Å². The second kappa shape index (κ2) is 14.6. The highest BCUT2D eigenvalue weighted by Crippen LogP contribution is 2.32. The molecule has 1 aliphatic heterocycles. The second-order valence-corrected chi connectivity index (χ2v) is 6.36. The van der Waals surface area contributed by atoms with Gasteiger partial charge in [0.05, 0.1) is 40.1 Å². The molecule has 1 unspecified atom stereocenters. The standard InChI is InChI=1S/C20H34N4O4.HI/c1-5-27-11-8-22-20(21-2)23-15-17(24-9-12-28-13-10-24)16-6-7-18(25-3)19(14-16)26-4;/h6-7,14,17H,5,8-13,15H2,1-4H3,(H2,21,22,23);1H. The SMILES string of the molecule is CCOCCNC(=NC)NCC(c1ccc(OC)c(OC)c1)N1CCOCC1.I. The Labute approximate surface area is 191 Å². The number of benzene rings is 1. The van der Waals surface area contributed by atoms with E-state index in [-0.39, 0.29) is 30.0 Å². The number of methoxy groups -OCH3 is 2. The van der Waals surface area contributed by atoms with Crippen LogP contribution in [0.25, 0.3) is 0 Å². The van der Waals surface area contributed by atoms with Crippen LogP contribution >= 0.6 is 24.0 Å². The van der Waals surface area contributed by atoms with Crippen LogP contribution in [-0.2, 0) is 9.47 Å². The van der Waals surface area contributed by atoms with Gasteiger partial charge in [0.2, 0.25) is 0 Å². The van der Waals surface area contributed by atoms with Gasteiger partial charge in [-0.3, -0.25) is 9.89 Å². The summed E-state index contributed by atoms with van der Waals surface area (Å²) in [6.45, 7) is 8.04. The lowest BCUT2D eigenvalue weighted by Crippen LogP contribution is -2.46. The molecule has 2 N–H and O–H groups in total. The monoisotopic (exact) mass is 522 g/mol. The van der Waals surface area contributed by atoms with Gasteiger partial charge in [0.15, 0.2) is 17.5 Å². The maximum Gasteiger partial charge on any atom is 0.191 e. The first kappa shape index (κ1) is 25.7. The van der Waals surface area contributed by atoms with Crippen LogP contribution in [0.1, 0.15) is 18.5 Å². The molecule has 1 heterocycles. The number of hydrogen-bond acceptors (Lipinski definition) is 6. The van der Waals surface area contributed by atoms with E-state index >= 15 is 0 Å². The number of halogens is 1. The molecular formula is C20H35IN4O4. The van der Waals surface area contributed by atoms with Gasteiger partial charge >= 0.3 is 0 Å². The van der Waals surface area contributed by atoms with Crippen LogP contribution < -0.4 is 20.1 Å². The number of guanidine groups is 1. The van der Waals surface area contributed by atoms with Gasteiger partial charge in [-0.15, -0.1) is 24.0 Å². The van der Waals surface area contributed by atoms with E-state index in [2.05, 4.69) is 26.6 Å². The number of nitrogens with one attached hydrogen (secondary N) is 2. The van der Waals surface area contributed by atoms with E-state index in [1.54, 1.807) is 21.3 Å². The van der Waals surface area contributed by atoms with Crippen LogP contribution in [0.15, 0.2) is 23.2 Å². The van der Waals surface area contributed by atoms with Gasteiger partial charge in [0.1, 0.15) is 0 Å². The Morgan fingerprint density at radius 1 is 1.17 bits per heavy atom. The summed E-state index contributed by atoms with van der Waals surface area (Å²) >= 11 is 0. The summed E-state index contributed by atoms with van der Waals surface area (Å²) < 4.78 is 21.8. The summed E-state index contributed by atoms with van der Waals surface area (Å²) in [5.74, 6) is 2.23. The van der Waals surface area contributed by atoms with Gasteiger partial charge in [-0.1, -0.05) is 6.07 Å². The lowest BCUT2D eigenvalue weighted by molar-refractivity contribution is 0.0169. The quantitative estimate of drug-likeness (QED) is 0.211. The van der Waals surface area contributed by atoms with Crippen LogP contribution in [0.4, 0.5) is 0 Å². The smallest absolute Gasteiger partial charge is 0.191 e. The molecule has 0 saturated carbocycles. The number of aliphatic imine (C=N–C) groups is 1. The summed E-state index contributed by atoms with van der Waals surface area (Å²) in [4.78, 5) is 6.73. The second-order valence-electron chi connectivity index (χ2n) is 6.36. The molecule has 1 fully saturated rings. The van der Waals surface area contributed by atoms with Gasteiger partial charge in [-0.05, 0) is 24.6 Å². The molecule has 0 amide bonds. The summed E-state index contributed by atoms with van der Waals surface area (Å²) in [6, 6.07) is 6.26. The summed E-state index contributed by atoms with van der Waals surface area (Å²) in [5.41, 5.74) is 1.16. The van der Waals surface area contributed by atoms with Gasteiger partial charge in [0, 0.05) is 39.8 Å². The zero-order valence-corrected chi connectivity index (χ0v) is 20.2. The van der Waals surface area contributed by atoms with Crippen molar-refractivity contribution < 1.29 is 18.9 Å². The topological polar surface area (TPSA) is 76.6 Å². The van der Waals surface area contributed by atoms with Crippen LogP contribution in [0.5, 0.6) is 11.5 Å². The van der Waals surface area contributed by atoms with E-state index in [1.807, 2.05) is 19.1 Å². The van der Waals surface area contributed by atoms with Crippen molar-refractivity contribution in [3.05, 3.63) is 23.8 Å². The lowest BCUT2D eigenvalue weighted by atomic mass is 10.0. The van der Waals surface area contributed by atoms with Crippen molar-refractivity contribution in [2.24, 2.45) is 4.99 Å². The molecule has 9 heteroatoms. The third-order valence-electron chi connectivity index (χ3n) is 4.71. The first-order chi connectivity index (χ1) is 13.7. The minimum absolute atomic E-state index is 0. The van der Waals surface area contributed by atoms with Crippen molar-refractivity contribution in [3.63, 3.8) is 0 Å². The van der Waals surface area contributed by atoms with E-state index in [1.165, 1.54) is 0 Å². The molecule has 1 aromatic carbocycles. The molecule has 0 aromatic heterocycles. The fourth-order valence-corrected chi connectivity index (χ4v) is 3.21. The van der Waals surface area contributed by atoms with Gasteiger partial charge < -0.3 is 29.6 Å². The Morgan fingerprint density at radius 2 is 1.90 bits per heavy atom. The Balaban J connectivity index is 0.00000420. The average Bonchev–Trinajstić information content (AvgIpc) is 2.75. The summed E-state index contributed by atoms with van der Waals surface area (Å²) in [6.07, 6.45) is 0. The van der Waals surface area contributed by atoms with Crippen LogP contribution in [0.3, 0.4) is 0 Å². The highest BCUT2D eigenvalue weighted by atomic mass is 127. The summed E-state index contributed by atoms with van der Waals surface area (Å²) in [5, 5.41) is 6.72. The van der Waals surface area contributed by atoms with E-state index < -0.39 is 0 Å². The zero-order valence-electron chi connectivity index (χ0n) is 17.9. The van der Waals surface area contributed by atoms with E-state index in [0.717, 1.165) is 49.3 Å². The predicted molar refractivity (Wildman–Crippen MR) is 126 cm³/mol. The molecule has 1 aliphatic rings. The number of morpholine rings is 1. The number of nitrogens with zero attached hydrogens (tertiary/aromatic N) is 2. The lowest BCUT2D eigenvalue weighted by Gasteiger charge is -2.35. The molecule has 1 aromatic rings. The Kier molecular flexibility index (Phi) is 13.0. The highest BCUT2D eigenvalue weighted by Gasteiger charge is 2.24. The fraction of sp³-hybridized carbons (Fsp3) is 0.650. The Morgan fingerprint density at radius 3 is 2.52 bits per heavy atom. The molecule has 0 aliphatic carbocycles. The maximum absolute atomic E-state index is 5.53. The number of rotatable bonds is 10. The molecule has 1 saturated heterocycles. The maximum atomic E-state index is 5.53. The normalized spacial score (nSPS) is 15.9. The molecule has 0 bridgehead atoms. The molecule has 166 valence electrons. The van der Waals surface area contributed by atoms with Crippen LogP contribution in [0.2, 0.25) is 0 Å². The van der Waals surface area contributed by atoms with Gasteiger partial charge in [-0.2, -0.15) is 0 Å². The molecule has 2 rings (SSSR count). The van der Waals surface area contributed by atoms with Crippen molar-refractivity contribution in [1.29, 1.82) is 0 Å². The Bertz CT molecular complexity index is 612. The van der Waals surface area contributed by atoms with Crippen molar-refractivity contribution in [2.45, 2.75) is 13.0 Å². The molecule has 29 heavy (non-hydrogen) atoms. The molecule has 0 spiro atoms. The number of hydrogen-bond donors (Lipinski definition) is 2. The third kappa shape index (κ3) is 8.15. The van der Waals surface area contributed by atoms with E-state index in [9.17, 15) is 0 Å². The first-order valence-corrected chi connectivity index (χ1v) is 9.79. The van der Waals surface area contributed by atoms with Crippen LogP contribution in [0, 0.1) is 0 Å². The predicted octanol–water partition coefficient (Wildman–Crippen LogP) is 1.90. The van der Waals surface area contributed by atoms with Crippen molar-refractivity contribution in [1.82, 2.24) is 15.5 Å². The first-order valence-electron chi connectivity index (χ1n) is 9.79. The number of ether oxygens (including phenoxy) is 4.